The molecule has 0 saturated carbocycles. The molecule has 0 N–H and O–H groups in total. The van der Waals surface area contributed by atoms with Crippen LogP contribution in [0.15, 0.2) is 0 Å². The first kappa shape index (κ1) is 13.5. The van der Waals surface area contributed by atoms with E-state index >= 15 is 0 Å². The van der Waals surface area contributed by atoms with Crippen LogP contribution in [0.3, 0.4) is 0 Å². The van der Waals surface area contributed by atoms with Crippen LogP contribution in [0.2, 0.25) is 0 Å². The Balaban J connectivity index is 1.96. The van der Waals surface area contributed by atoms with Crippen LogP contribution < -0.4 is 0 Å². The third-order valence-electron chi connectivity index (χ3n) is 3.53. The summed E-state index contributed by atoms with van der Waals surface area (Å²) in [4.78, 5) is 11.0. The lowest BCUT2D eigenvalue weighted by atomic mass is 9.95. The molecule has 1 unspecified atom stereocenters. The number of carbonyl (C=O) groups is 1. The number of unbranched alkanes of at least 4 members (excludes halogenated alkanes) is 6. The van der Waals surface area contributed by atoms with E-state index < -0.39 is 0 Å². The summed E-state index contributed by atoms with van der Waals surface area (Å²) in [5, 5.41) is 0. The number of hydrogen-bond donors (Lipinski definition) is 0. The van der Waals surface area contributed by atoms with E-state index in [4.69, 9.17) is 4.74 Å². The first-order valence-electron chi connectivity index (χ1n) is 6.88. The minimum absolute atomic E-state index is 0.00885. The van der Waals surface area contributed by atoms with Crippen molar-refractivity contribution in [3.05, 3.63) is 0 Å². The van der Waals surface area contributed by atoms with Crippen molar-refractivity contribution in [1.82, 2.24) is 0 Å². The summed E-state index contributed by atoms with van der Waals surface area (Å²) in [6.07, 6.45) is 11.8. The van der Waals surface area contributed by atoms with Gasteiger partial charge in [0.25, 0.3) is 0 Å². The SMILES string of the molecule is CCCCCCCCCC1(C)CCC(=O)O1. The van der Waals surface area contributed by atoms with Crippen LogP contribution in [0.4, 0.5) is 0 Å². The van der Waals surface area contributed by atoms with Crippen molar-refractivity contribution in [2.75, 3.05) is 0 Å². The summed E-state index contributed by atoms with van der Waals surface area (Å²) in [7, 11) is 0. The fraction of sp³-hybridized carbons (Fsp3) is 0.929. The van der Waals surface area contributed by atoms with Crippen LogP contribution in [0, 0.1) is 0 Å². The van der Waals surface area contributed by atoms with Gasteiger partial charge in [0, 0.05) is 6.42 Å². The minimum atomic E-state index is -0.138. The average Bonchev–Trinajstić information content (AvgIpc) is 2.58. The molecule has 2 heteroatoms. The molecule has 0 radical (unpaired) electrons. The minimum Gasteiger partial charge on any atom is -0.459 e. The van der Waals surface area contributed by atoms with Crippen molar-refractivity contribution in [2.45, 2.75) is 83.7 Å². The molecule has 1 atom stereocenters. The molecule has 1 aliphatic heterocycles. The standard InChI is InChI=1S/C14H26O2/c1-3-4-5-6-7-8-9-11-14(2)12-10-13(15)16-14/h3-12H2,1-2H3. The third-order valence-corrected chi connectivity index (χ3v) is 3.53. The lowest BCUT2D eigenvalue weighted by Gasteiger charge is -2.22. The van der Waals surface area contributed by atoms with Crippen LogP contribution in [0.5, 0.6) is 0 Å². The smallest absolute Gasteiger partial charge is 0.306 e. The molecule has 1 rings (SSSR count). The van der Waals surface area contributed by atoms with E-state index in [0.717, 1.165) is 12.8 Å². The zero-order chi connectivity index (χ0) is 11.9. The zero-order valence-corrected chi connectivity index (χ0v) is 10.9. The summed E-state index contributed by atoms with van der Waals surface area (Å²) >= 11 is 0. The fourth-order valence-corrected chi connectivity index (χ4v) is 2.38. The van der Waals surface area contributed by atoms with Crippen molar-refractivity contribution < 1.29 is 9.53 Å². The molecule has 1 fully saturated rings. The topological polar surface area (TPSA) is 26.3 Å². The Kier molecular flexibility index (Phi) is 5.86. The third kappa shape index (κ3) is 5.00. The van der Waals surface area contributed by atoms with Gasteiger partial charge in [-0.15, -0.1) is 0 Å². The molecule has 0 amide bonds. The first-order valence-corrected chi connectivity index (χ1v) is 6.88. The van der Waals surface area contributed by atoms with Crippen molar-refractivity contribution in [1.29, 1.82) is 0 Å². The second kappa shape index (κ2) is 6.93. The van der Waals surface area contributed by atoms with Crippen molar-refractivity contribution >= 4 is 5.97 Å². The summed E-state index contributed by atoms with van der Waals surface area (Å²) < 4.78 is 5.35. The fourth-order valence-electron chi connectivity index (χ4n) is 2.38. The van der Waals surface area contributed by atoms with Gasteiger partial charge in [0.05, 0.1) is 0 Å². The molecular weight excluding hydrogens is 200 g/mol. The Bertz CT molecular complexity index is 213. The van der Waals surface area contributed by atoms with E-state index in [1.165, 1.54) is 44.9 Å². The molecule has 0 aromatic rings. The molecule has 0 bridgehead atoms. The van der Waals surface area contributed by atoms with Gasteiger partial charge >= 0.3 is 5.97 Å². The Labute approximate surface area is 99.8 Å². The van der Waals surface area contributed by atoms with E-state index in [2.05, 4.69) is 13.8 Å². The number of rotatable bonds is 8. The van der Waals surface area contributed by atoms with Gasteiger partial charge in [-0.1, -0.05) is 45.4 Å². The summed E-state index contributed by atoms with van der Waals surface area (Å²) in [6.45, 7) is 4.32. The normalized spacial score (nSPS) is 24.8. The molecule has 1 saturated heterocycles. The maximum Gasteiger partial charge on any atom is 0.306 e. The number of cyclic esters (lactones) is 1. The van der Waals surface area contributed by atoms with Crippen LogP contribution in [-0.2, 0) is 9.53 Å². The number of ether oxygens (including phenoxy) is 1. The molecule has 0 aromatic carbocycles. The van der Waals surface area contributed by atoms with Gasteiger partial charge in [0.2, 0.25) is 0 Å². The Hall–Kier alpha value is -0.530. The van der Waals surface area contributed by atoms with Crippen LogP contribution in [0.1, 0.15) is 78.1 Å². The van der Waals surface area contributed by atoms with Gasteiger partial charge in [-0.05, 0) is 26.2 Å². The summed E-state index contributed by atoms with van der Waals surface area (Å²) in [5.41, 5.74) is -0.138. The number of carbonyl (C=O) groups excluding carboxylic acids is 1. The van der Waals surface area contributed by atoms with Gasteiger partial charge < -0.3 is 4.74 Å². The molecule has 16 heavy (non-hydrogen) atoms. The molecule has 1 heterocycles. The van der Waals surface area contributed by atoms with E-state index in [1.54, 1.807) is 0 Å². The van der Waals surface area contributed by atoms with Gasteiger partial charge in [0.15, 0.2) is 0 Å². The second-order valence-corrected chi connectivity index (χ2v) is 5.30. The van der Waals surface area contributed by atoms with E-state index in [0.29, 0.717) is 6.42 Å². The van der Waals surface area contributed by atoms with Crippen LogP contribution >= 0.6 is 0 Å². The highest BCUT2D eigenvalue weighted by molar-refractivity contribution is 5.72. The monoisotopic (exact) mass is 226 g/mol. The molecule has 1 aliphatic rings. The highest BCUT2D eigenvalue weighted by atomic mass is 16.6. The molecule has 0 aliphatic carbocycles. The van der Waals surface area contributed by atoms with Crippen molar-refractivity contribution in [3.63, 3.8) is 0 Å². The zero-order valence-electron chi connectivity index (χ0n) is 10.9. The number of hydrogen-bond acceptors (Lipinski definition) is 2. The Morgan fingerprint density at radius 1 is 1.12 bits per heavy atom. The predicted molar refractivity (Wildman–Crippen MR) is 66.3 cm³/mol. The van der Waals surface area contributed by atoms with Crippen LogP contribution in [-0.4, -0.2) is 11.6 Å². The Morgan fingerprint density at radius 2 is 1.75 bits per heavy atom. The van der Waals surface area contributed by atoms with Gasteiger partial charge in [-0.3, -0.25) is 4.79 Å². The number of esters is 1. The molecule has 0 aromatic heterocycles. The summed E-state index contributed by atoms with van der Waals surface area (Å²) in [5.74, 6) is -0.00885. The highest BCUT2D eigenvalue weighted by Gasteiger charge is 2.34. The van der Waals surface area contributed by atoms with Crippen LogP contribution in [0.25, 0.3) is 0 Å². The Morgan fingerprint density at radius 3 is 2.31 bits per heavy atom. The van der Waals surface area contributed by atoms with E-state index in [1.807, 2.05) is 0 Å². The lowest BCUT2D eigenvalue weighted by molar-refractivity contribution is -0.147. The van der Waals surface area contributed by atoms with Crippen molar-refractivity contribution in [3.8, 4) is 0 Å². The molecule has 0 spiro atoms. The largest absolute Gasteiger partial charge is 0.459 e. The highest BCUT2D eigenvalue weighted by Crippen LogP contribution is 2.31. The molecular formula is C14H26O2. The quantitative estimate of drug-likeness (QED) is 0.457. The molecule has 94 valence electrons. The van der Waals surface area contributed by atoms with Gasteiger partial charge in [-0.2, -0.15) is 0 Å². The van der Waals surface area contributed by atoms with Gasteiger partial charge in [0.1, 0.15) is 5.60 Å². The average molecular weight is 226 g/mol. The first-order chi connectivity index (χ1) is 7.66. The van der Waals surface area contributed by atoms with Gasteiger partial charge in [-0.25, -0.2) is 0 Å². The summed E-state index contributed by atoms with van der Waals surface area (Å²) in [6, 6.07) is 0. The second-order valence-electron chi connectivity index (χ2n) is 5.30. The van der Waals surface area contributed by atoms with E-state index in [-0.39, 0.29) is 11.6 Å². The maximum atomic E-state index is 11.0. The predicted octanol–water partition coefficient (Wildman–Crippen LogP) is 4.22. The van der Waals surface area contributed by atoms with E-state index in [9.17, 15) is 4.79 Å². The van der Waals surface area contributed by atoms with Crippen molar-refractivity contribution in [2.24, 2.45) is 0 Å². The molecule has 2 nitrogen and oxygen atoms in total. The maximum absolute atomic E-state index is 11.0. The lowest BCUT2D eigenvalue weighted by Crippen LogP contribution is -2.23.